The molecule has 3 aromatic heterocycles. The molecule has 0 aliphatic heterocycles. The predicted octanol–water partition coefficient (Wildman–Crippen LogP) is 2.08. The molecular formula is C16H17N5O. The number of pyridine rings is 2. The quantitative estimate of drug-likeness (QED) is 0.798. The molecule has 0 saturated heterocycles. The Balaban J connectivity index is 2.20. The third-order valence-corrected chi connectivity index (χ3v) is 3.63. The lowest BCUT2D eigenvalue weighted by molar-refractivity contribution is 0.100. The van der Waals surface area contributed by atoms with Gasteiger partial charge in [0.05, 0.1) is 5.56 Å². The topological polar surface area (TPSA) is 86.7 Å². The van der Waals surface area contributed by atoms with Gasteiger partial charge >= 0.3 is 0 Å². The number of aryl methyl sites for hydroxylation is 2. The first-order valence-electron chi connectivity index (χ1n) is 7.17. The van der Waals surface area contributed by atoms with Crippen LogP contribution in [0.4, 0.5) is 0 Å². The molecule has 0 aliphatic carbocycles. The monoisotopic (exact) mass is 295 g/mol. The number of imidazole rings is 1. The van der Waals surface area contributed by atoms with Crippen molar-refractivity contribution >= 4 is 17.1 Å². The largest absolute Gasteiger partial charge is 0.366 e. The minimum atomic E-state index is -0.519. The number of hydrogen-bond donors (Lipinski definition) is 1. The van der Waals surface area contributed by atoms with Crippen LogP contribution in [-0.4, -0.2) is 25.4 Å². The van der Waals surface area contributed by atoms with E-state index < -0.39 is 5.91 Å². The third kappa shape index (κ3) is 2.32. The van der Waals surface area contributed by atoms with E-state index in [2.05, 4.69) is 21.9 Å². The van der Waals surface area contributed by atoms with Crippen molar-refractivity contribution < 1.29 is 4.79 Å². The number of primary amides is 1. The lowest BCUT2D eigenvalue weighted by atomic mass is 10.1. The Morgan fingerprint density at radius 3 is 2.91 bits per heavy atom. The van der Waals surface area contributed by atoms with E-state index in [4.69, 9.17) is 5.73 Å². The Morgan fingerprint density at radius 1 is 1.36 bits per heavy atom. The number of aromatic nitrogens is 4. The lowest BCUT2D eigenvalue weighted by Gasteiger charge is -2.05. The van der Waals surface area contributed by atoms with E-state index in [1.807, 2.05) is 23.9 Å². The van der Waals surface area contributed by atoms with Crippen molar-refractivity contribution in [2.75, 3.05) is 0 Å². The summed E-state index contributed by atoms with van der Waals surface area (Å²) in [6, 6.07) is 3.79. The molecule has 0 aliphatic rings. The number of carbonyl (C=O) groups is 1. The molecule has 0 saturated carbocycles. The van der Waals surface area contributed by atoms with Crippen molar-refractivity contribution in [3.8, 4) is 11.4 Å². The highest BCUT2D eigenvalue weighted by Gasteiger charge is 2.17. The van der Waals surface area contributed by atoms with Crippen LogP contribution in [-0.2, 0) is 13.5 Å². The molecule has 112 valence electrons. The highest BCUT2D eigenvalue weighted by Crippen LogP contribution is 2.25. The Kier molecular flexibility index (Phi) is 3.58. The molecule has 0 radical (unpaired) electrons. The Labute approximate surface area is 128 Å². The van der Waals surface area contributed by atoms with Crippen LogP contribution in [0.25, 0.3) is 22.6 Å². The minimum absolute atomic E-state index is 0.356. The van der Waals surface area contributed by atoms with Crippen molar-refractivity contribution in [1.82, 2.24) is 19.5 Å². The number of nitrogens with zero attached hydrogens (tertiary/aromatic N) is 4. The van der Waals surface area contributed by atoms with Gasteiger partial charge in [-0.1, -0.05) is 13.3 Å². The van der Waals surface area contributed by atoms with E-state index >= 15 is 0 Å². The molecule has 0 atom stereocenters. The number of amides is 1. The van der Waals surface area contributed by atoms with Crippen LogP contribution < -0.4 is 5.73 Å². The Hall–Kier alpha value is -2.76. The maximum atomic E-state index is 11.6. The summed E-state index contributed by atoms with van der Waals surface area (Å²) < 4.78 is 1.87. The van der Waals surface area contributed by atoms with E-state index in [1.54, 1.807) is 12.3 Å². The molecule has 3 aromatic rings. The van der Waals surface area contributed by atoms with Gasteiger partial charge in [0.2, 0.25) is 0 Å². The second-order valence-electron chi connectivity index (χ2n) is 5.22. The summed E-state index contributed by atoms with van der Waals surface area (Å²) in [5.41, 5.74) is 9.20. The number of carbonyl (C=O) groups excluding carboxylic acids is 1. The molecule has 0 aromatic carbocycles. The van der Waals surface area contributed by atoms with Gasteiger partial charge in [-0.15, -0.1) is 0 Å². The molecule has 22 heavy (non-hydrogen) atoms. The highest BCUT2D eigenvalue weighted by atomic mass is 16.1. The van der Waals surface area contributed by atoms with E-state index in [-0.39, 0.29) is 0 Å². The molecule has 3 heterocycles. The zero-order chi connectivity index (χ0) is 15.7. The zero-order valence-corrected chi connectivity index (χ0v) is 12.6. The molecule has 0 unspecified atom stereocenters. The van der Waals surface area contributed by atoms with E-state index in [9.17, 15) is 4.79 Å². The van der Waals surface area contributed by atoms with Crippen LogP contribution in [0.2, 0.25) is 0 Å². The van der Waals surface area contributed by atoms with Gasteiger partial charge in [0, 0.05) is 31.2 Å². The maximum absolute atomic E-state index is 11.6. The second kappa shape index (κ2) is 5.55. The van der Waals surface area contributed by atoms with Crippen molar-refractivity contribution in [3.63, 3.8) is 0 Å². The van der Waals surface area contributed by atoms with Crippen molar-refractivity contribution in [2.45, 2.75) is 19.8 Å². The average Bonchev–Trinajstić information content (AvgIpc) is 2.84. The summed E-state index contributed by atoms with van der Waals surface area (Å²) in [5.74, 6) is 0.141. The molecule has 0 fully saturated rings. The molecule has 0 spiro atoms. The van der Waals surface area contributed by atoms with Gasteiger partial charge in [0.25, 0.3) is 5.91 Å². The Bertz CT molecular complexity index is 853. The maximum Gasteiger partial charge on any atom is 0.251 e. The van der Waals surface area contributed by atoms with Gasteiger partial charge in [0.15, 0.2) is 5.65 Å². The lowest BCUT2D eigenvalue weighted by Crippen LogP contribution is -2.13. The molecule has 6 nitrogen and oxygen atoms in total. The van der Waals surface area contributed by atoms with Crippen molar-refractivity contribution in [3.05, 3.63) is 41.9 Å². The predicted molar refractivity (Wildman–Crippen MR) is 84.3 cm³/mol. The molecule has 2 N–H and O–H groups in total. The van der Waals surface area contributed by atoms with Gasteiger partial charge in [-0.2, -0.15) is 0 Å². The van der Waals surface area contributed by atoms with E-state index in [0.29, 0.717) is 17.0 Å². The number of rotatable bonds is 4. The van der Waals surface area contributed by atoms with Crippen LogP contribution in [0.1, 0.15) is 29.3 Å². The van der Waals surface area contributed by atoms with E-state index in [0.717, 1.165) is 29.6 Å². The zero-order valence-electron chi connectivity index (χ0n) is 12.6. The van der Waals surface area contributed by atoms with Gasteiger partial charge in [0.1, 0.15) is 11.3 Å². The molecule has 6 heteroatoms. The fourth-order valence-electron chi connectivity index (χ4n) is 2.57. The SMILES string of the molecule is CCCc1cnc2c(c1)nc(-c1ccncc1C(N)=O)n2C. The standard InChI is InChI=1S/C16H17N5O/c1-3-4-10-7-13-16(19-8-10)21(2)15(20-13)11-5-6-18-9-12(11)14(17)22/h5-9H,3-4H2,1-2H3,(H2,17,22). The first-order valence-corrected chi connectivity index (χ1v) is 7.17. The summed E-state index contributed by atoms with van der Waals surface area (Å²) in [7, 11) is 1.88. The highest BCUT2D eigenvalue weighted by molar-refractivity contribution is 5.99. The van der Waals surface area contributed by atoms with Crippen molar-refractivity contribution in [2.24, 2.45) is 12.8 Å². The van der Waals surface area contributed by atoms with Crippen LogP contribution in [0, 0.1) is 0 Å². The summed E-state index contributed by atoms with van der Waals surface area (Å²) in [6.07, 6.45) is 6.99. The summed E-state index contributed by atoms with van der Waals surface area (Å²) in [5, 5.41) is 0. The van der Waals surface area contributed by atoms with Crippen LogP contribution in [0.15, 0.2) is 30.7 Å². The average molecular weight is 295 g/mol. The smallest absolute Gasteiger partial charge is 0.251 e. The number of fused-ring (bicyclic) bond motifs is 1. The molecule has 3 rings (SSSR count). The fourth-order valence-corrected chi connectivity index (χ4v) is 2.57. The van der Waals surface area contributed by atoms with Gasteiger partial charge < -0.3 is 10.3 Å². The van der Waals surface area contributed by atoms with E-state index in [1.165, 1.54) is 6.20 Å². The normalized spacial score (nSPS) is 11.0. The summed E-state index contributed by atoms with van der Waals surface area (Å²) >= 11 is 0. The summed E-state index contributed by atoms with van der Waals surface area (Å²) in [6.45, 7) is 2.13. The van der Waals surface area contributed by atoms with Gasteiger partial charge in [-0.25, -0.2) is 9.97 Å². The van der Waals surface area contributed by atoms with Gasteiger partial charge in [-0.3, -0.25) is 9.78 Å². The third-order valence-electron chi connectivity index (χ3n) is 3.63. The minimum Gasteiger partial charge on any atom is -0.366 e. The van der Waals surface area contributed by atoms with Gasteiger partial charge in [-0.05, 0) is 24.1 Å². The second-order valence-corrected chi connectivity index (χ2v) is 5.22. The number of nitrogens with two attached hydrogens (primary N) is 1. The Morgan fingerprint density at radius 2 is 2.18 bits per heavy atom. The molecule has 1 amide bonds. The summed E-state index contributed by atoms with van der Waals surface area (Å²) in [4.78, 5) is 24.7. The fraction of sp³-hybridized carbons (Fsp3) is 0.250. The molecular weight excluding hydrogens is 278 g/mol. The van der Waals surface area contributed by atoms with Crippen LogP contribution in [0.5, 0.6) is 0 Å². The number of hydrogen-bond acceptors (Lipinski definition) is 4. The first-order chi connectivity index (χ1) is 10.6. The van der Waals surface area contributed by atoms with Crippen LogP contribution in [0.3, 0.4) is 0 Å². The van der Waals surface area contributed by atoms with Crippen molar-refractivity contribution in [1.29, 1.82) is 0 Å². The van der Waals surface area contributed by atoms with Crippen LogP contribution >= 0.6 is 0 Å². The molecule has 0 bridgehead atoms. The first kappa shape index (κ1) is 14.2.